The van der Waals surface area contributed by atoms with Crippen LogP contribution >= 0.6 is 0 Å². The molecule has 0 aliphatic carbocycles. The van der Waals surface area contributed by atoms with Gasteiger partial charge in [-0.1, -0.05) is 97.8 Å². The first-order valence-electron chi connectivity index (χ1n) is 23.3. The van der Waals surface area contributed by atoms with Crippen LogP contribution in [0.15, 0.2) is 12.5 Å². The van der Waals surface area contributed by atoms with Gasteiger partial charge in [-0.15, -0.1) is 0 Å². The lowest BCUT2D eigenvalue weighted by Crippen LogP contribution is -2.61. The number of aliphatic hydroxyl groups is 3. The monoisotopic (exact) mass is 909 g/mol. The quantitative estimate of drug-likeness (QED) is 0.0400. The number of H-pyrrole nitrogens is 1. The number of carbonyl (C=O) groups excluding carboxylic acids is 7. The molecule has 0 aliphatic rings. The normalized spacial score (nSPS) is 14.0. The molecule has 13 N–H and O–H groups in total. The van der Waals surface area contributed by atoms with E-state index in [1.54, 1.807) is 13.8 Å². The number of rotatable bonds is 37. The first-order valence-corrected chi connectivity index (χ1v) is 23.3. The molecule has 0 spiro atoms. The number of aromatic amines is 1. The van der Waals surface area contributed by atoms with Gasteiger partial charge in [0, 0.05) is 31.8 Å². The Kier molecular flexibility index (Phi) is 31.1. The molecular weight excluding hydrogens is 829 g/mol. The number of hydrogen-bond donors (Lipinski definition) is 12. The zero-order valence-electron chi connectivity index (χ0n) is 38.7. The highest BCUT2D eigenvalue weighted by Crippen LogP contribution is 2.14. The maximum Gasteiger partial charge on any atom is 0.245 e. The van der Waals surface area contributed by atoms with Crippen LogP contribution in [0.1, 0.15) is 142 Å². The summed E-state index contributed by atoms with van der Waals surface area (Å²) < 4.78 is 0. The largest absolute Gasteiger partial charge is 0.394 e. The van der Waals surface area contributed by atoms with E-state index >= 15 is 0 Å². The van der Waals surface area contributed by atoms with Crippen molar-refractivity contribution >= 4 is 41.4 Å². The van der Waals surface area contributed by atoms with E-state index in [0.29, 0.717) is 31.5 Å². The third-order valence-corrected chi connectivity index (χ3v) is 10.8. The summed E-state index contributed by atoms with van der Waals surface area (Å²) in [7, 11) is 1.32. The highest BCUT2D eigenvalue weighted by Gasteiger charge is 2.33. The molecule has 6 atom stereocenters. The molecule has 0 unspecified atom stereocenters. The number of likely N-dealkylation sites (N-methyl/N-ethyl adjacent to an activating group) is 1. The fraction of sp³-hybridized carbons (Fsp3) is 0.773. The Morgan fingerprint density at radius 3 is 1.50 bits per heavy atom. The second-order valence-electron chi connectivity index (χ2n) is 16.8. The Morgan fingerprint density at radius 2 is 1.02 bits per heavy atom. The van der Waals surface area contributed by atoms with Gasteiger partial charge in [-0.25, -0.2) is 4.98 Å². The van der Waals surface area contributed by atoms with Gasteiger partial charge < -0.3 is 63.3 Å². The molecule has 0 saturated carbocycles. The van der Waals surface area contributed by atoms with Crippen molar-refractivity contribution in [3.8, 4) is 0 Å². The van der Waals surface area contributed by atoms with Gasteiger partial charge in [0.2, 0.25) is 41.4 Å². The molecule has 64 heavy (non-hydrogen) atoms. The molecule has 1 rings (SSSR count). The summed E-state index contributed by atoms with van der Waals surface area (Å²) in [6.45, 7) is 3.79. The average molecular weight is 909 g/mol. The maximum atomic E-state index is 13.8. The number of nitrogens with one attached hydrogen (secondary N) is 8. The van der Waals surface area contributed by atoms with Crippen LogP contribution in [-0.2, 0) is 40.0 Å². The van der Waals surface area contributed by atoms with Gasteiger partial charge in [0.1, 0.15) is 36.3 Å². The topological polar surface area (TPSA) is 319 Å². The lowest BCUT2D eigenvalue weighted by Gasteiger charge is -2.27. The molecule has 0 saturated heterocycles. The van der Waals surface area contributed by atoms with Gasteiger partial charge in [-0.2, -0.15) is 0 Å². The predicted molar refractivity (Wildman–Crippen MR) is 242 cm³/mol. The molecule has 20 heteroatoms. The lowest BCUT2D eigenvalue weighted by molar-refractivity contribution is -0.136. The standard InChI is InChI=1S/C44H80N10O10/c1-5-6-7-8-9-10-11-12-13-14-15-16-17-21-38(58)49-36(27-56)43(63)50-32(20-18-19-22-45)40(60)51-33(23-30(2)3)41(61)54-37(28-57)44(64)52-34(24-31-25-47-29-48-31)42(62)53-35(26-55)39(59)46-4/h25,29-30,32-37,55-57H,5-24,26-28,45H2,1-4H3,(H,46,59)(H,47,48)(H,49,58)(H,50,63)(H,51,60)(H,52,64)(H,53,62)(H,54,61)/t32-,33-,34-,35-,36-,37-/m0/s1. The Hall–Kier alpha value is -4.66. The van der Waals surface area contributed by atoms with E-state index in [1.165, 1.54) is 77.4 Å². The fourth-order valence-corrected chi connectivity index (χ4v) is 6.98. The Bertz CT molecular complexity index is 1500. The van der Waals surface area contributed by atoms with E-state index in [-0.39, 0.29) is 31.6 Å². The minimum Gasteiger partial charge on any atom is -0.394 e. The number of imidazole rings is 1. The van der Waals surface area contributed by atoms with Crippen LogP contribution in [-0.4, -0.2) is 136 Å². The minimum absolute atomic E-state index is 0.0855. The van der Waals surface area contributed by atoms with Gasteiger partial charge in [0.15, 0.2) is 0 Å². The zero-order valence-corrected chi connectivity index (χ0v) is 38.7. The van der Waals surface area contributed by atoms with Gasteiger partial charge in [-0.05, 0) is 44.6 Å². The van der Waals surface area contributed by atoms with Crippen LogP contribution in [0.2, 0.25) is 0 Å². The SMILES string of the molecule is CCCCCCCCCCCCCCCC(=O)N[C@@H](CO)C(=O)N[C@@H](CCCCN)C(=O)N[C@@H](CC(C)C)C(=O)N[C@@H](CO)C(=O)N[C@@H](Cc1cnc[nH]1)C(=O)N[C@@H](CO)C(=O)NC. The van der Waals surface area contributed by atoms with E-state index in [9.17, 15) is 48.9 Å². The lowest BCUT2D eigenvalue weighted by atomic mass is 10.0. The van der Waals surface area contributed by atoms with E-state index in [2.05, 4.69) is 54.1 Å². The van der Waals surface area contributed by atoms with Gasteiger partial charge >= 0.3 is 0 Å². The molecule has 1 aromatic heterocycles. The number of amides is 7. The number of hydrogen-bond acceptors (Lipinski definition) is 12. The zero-order chi connectivity index (χ0) is 47.7. The van der Waals surface area contributed by atoms with Crippen LogP contribution in [0.4, 0.5) is 0 Å². The summed E-state index contributed by atoms with van der Waals surface area (Å²) in [5, 5.41) is 47.3. The van der Waals surface area contributed by atoms with Crippen molar-refractivity contribution in [3.05, 3.63) is 18.2 Å². The molecule has 0 fully saturated rings. The number of unbranched alkanes of at least 4 members (excludes halogenated alkanes) is 13. The highest BCUT2D eigenvalue weighted by molar-refractivity contribution is 5.97. The van der Waals surface area contributed by atoms with Crippen molar-refractivity contribution in [2.24, 2.45) is 11.7 Å². The molecule has 1 aromatic rings. The highest BCUT2D eigenvalue weighted by atomic mass is 16.3. The second kappa shape index (κ2) is 34.7. The average Bonchev–Trinajstić information content (AvgIpc) is 3.79. The Balaban J connectivity index is 2.91. The van der Waals surface area contributed by atoms with E-state index in [0.717, 1.165) is 19.3 Å². The van der Waals surface area contributed by atoms with Crippen molar-refractivity contribution in [1.82, 2.24) is 47.2 Å². The van der Waals surface area contributed by atoms with Crippen molar-refractivity contribution in [2.75, 3.05) is 33.4 Å². The van der Waals surface area contributed by atoms with E-state index < -0.39 is 97.4 Å². The predicted octanol–water partition coefficient (Wildman–Crippen LogP) is 0.240. The fourth-order valence-electron chi connectivity index (χ4n) is 6.98. The minimum atomic E-state index is -1.60. The summed E-state index contributed by atoms with van der Waals surface area (Å²) in [6, 6.07) is -8.05. The summed E-state index contributed by atoms with van der Waals surface area (Å²) in [5.74, 6) is -5.42. The van der Waals surface area contributed by atoms with Crippen molar-refractivity contribution in [2.45, 2.75) is 179 Å². The molecule has 0 aliphatic heterocycles. The first-order chi connectivity index (χ1) is 30.7. The number of aliphatic hydroxyl groups excluding tert-OH is 3. The molecule has 366 valence electrons. The van der Waals surface area contributed by atoms with Gasteiger partial charge in [0.05, 0.1) is 26.1 Å². The van der Waals surface area contributed by atoms with Crippen LogP contribution in [0.3, 0.4) is 0 Å². The third-order valence-electron chi connectivity index (χ3n) is 10.8. The summed E-state index contributed by atoms with van der Waals surface area (Å²) >= 11 is 0. The van der Waals surface area contributed by atoms with Gasteiger partial charge in [-0.3, -0.25) is 33.6 Å². The van der Waals surface area contributed by atoms with Gasteiger partial charge in [0.25, 0.3) is 0 Å². The van der Waals surface area contributed by atoms with Crippen LogP contribution in [0, 0.1) is 5.92 Å². The third kappa shape index (κ3) is 24.4. The molecular formula is C44H80N10O10. The van der Waals surface area contributed by atoms with Crippen molar-refractivity contribution < 1.29 is 48.9 Å². The Morgan fingerprint density at radius 1 is 0.578 bits per heavy atom. The van der Waals surface area contributed by atoms with Crippen LogP contribution < -0.4 is 43.0 Å². The van der Waals surface area contributed by atoms with Crippen LogP contribution in [0.5, 0.6) is 0 Å². The molecule has 1 heterocycles. The van der Waals surface area contributed by atoms with E-state index in [1.807, 2.05) is 0 Å². The maximum absolute atomic E-state index is 13.8. The summed E-state index contributed by atoms with van der Waals surface area (Å²) in [5.41, 5.74) is 6.11. The van der Waals surface area contributed by atoms with E-state index in [4.69, 9.17) is 5.73 Å². The molecule has 0 bridgehead atoms. The summed E-state index contributed by atoms with van der Waals surface area (Å²) in [4.78, 5) is 99.1. The number of aromatic nitrogens is 2. The number of nitrogens with two attached hydrogens (primary N) is 1. The van der Waals surface area contributed by atoms with Crippen LogP contribution in [0.25, 0.3) is 0 Å². The van der Waals surface area contributed by atoms with Crippen molar-refractivity contribution in [1.29, 1.82) is 0 Å². The Labute approximate surface area is 379 Å². The molecule has 7 amide bonds. The molecule has 0 aromatic carbocycles. The first kappa shape index (κ1) is 57.4. The number of nitrogens with zero attached hydrogens (tertiary/aromatic N) is 1. The molecule has 20 nitrogen and oxygen atoms in total. The summed E-state index contributed by atoms with van der Waals surface area (Å²) in [6.07, 6.45) is 19.0. The van der Waals surface area contributed by atoms with Crippen molar-refractivity contribution in [3.63, 3.8) is 0 Å². The number of carbonyl (C=O) groups is 7. The molecule has 0 radical (unpaired) electrons. The smallest absolute Gasteiger partial charge is 0.245 e. The second-order valence-corrected chi connectivity index (χ2v) is 16.8.